The van der Waals surface area contributed by atoms with Crippen molar-refractivity contribution in [1.82, 2.24) is 15.2 Å². The van der Waals surface area contributed by atoms with Crippen LogP contribution >= 0.6 is 0 Å². The number of hydrogen-bond donors (Lipinski definition) is 1. The summed E-state index contributed by atoms with van der Waals surface area (Å²) in [4.78, 5) is 4.26. The molecule has 1 aliphatic rings. The van der Waals surface area contributed by atoms with Gasteiger partial charge < -0.3 is 9.73 Å². The number of pyridine rings is 1. The van der Waals surface area contributed by atoms with E-state index in [0.29, 0.717) is 29.2 Å². The fourth-order valence-corrected chi connectivity index (χ4v) is 2.96. The molecule has 1 fully saturated rings. The number of aromatic nitrogens is 3. The standard InChI is InChI=1S/C16H19N5O/c1-2-14-20-21-15(22-14)9-11-5-6-13(8-11)19-16-12(10-17)4-3-7-18-16/h3-4,7,11,13H,2,5-6,8-9H2,1H3,(H,18,19)/t11-,13+/m1/s1. The first-order chi connectivity index (χ1) is 10.8. The van der Waals surface area contributed by atoms with Crippen LogP contribution < -0.4 is 5.32 Å². The van der Waals surface area contributed by atoms with E-state index >= 15 is 0 Å². The van der Waals surface area contributed by atoms with Crippen LogP contribution in [-0.2, 0) is 12.8 Å². The summed E-state index contributed by atoms with van der Waals surface area (Å²) in [6, 6.07) is 6.08. The van der Waals surface area contributed by atoms with Gasteiger partial charge in [0.25, 0.3) is 0 Å². The summed E-state index contributed by atoms with van der Waals surface area (Å²) in [7, 11) is 0. The molecular formula is C16H19N5O. The van der Waals surface area contributed by atoms with E-state index < -0.39 is 0 Å². The van der Waals surface area contributed by atoms with Gasteiger partial charge in [-0.05, 0) is 37.3 Å². The summed E-state index contributed by atoms with van der Waals surface area (Å²) in [6.07, 6.45) is 6.54. The van der Waals surface area contributed by atoms with E-state index in [0.717, 1.165) is 38.0 Å². The zero-order chi connectivity index (χ0) is 15.4. The van der Waals surface area contributed by atoms with Crippen molar-refractivity contribution in [2.45, 2.75) is 45.1 Å². The lowest BCUT2D eigenvalue weighted by atomic mass is 10.0. The van der Waals surface area contributed by atoms with Crippen molar-refractivity contribution in [3.8, 4) is 6.07 Å². The van der Waals surface area contributed by atoms with Gasteiger partial charge in [-0.15, -0.1) is 10.2 Å². The van der Waals surface area contributed by atoms with Gasteiger partial charge in [0, 0.05) is 25.1 Å². The average Bonchev–Trinajstić information content (AvgIpc) is 3.18. The molecule has 1 saturated carbocycles. The molecule has 6 nitrogen and oxygen atoms in total. The van der Waals surface area contributed by atoms with Crippen molar-refractivity contribution in [2.75, 3.05) is 5.32 Å². The van der Waals surface area contributed by atoms with E-state index in [-0.39, 0.29) is 0 Å². The minimum atomic E-state index is 0.348. The van der Waals surface area contributed by atoms with Gasteiger partial charge in [-0.2, -0.15) is 5.26 Å². The van der Waals surface area contributed by atoms with Crippen molar-refractivity contribution < 1.29 is 4.42 Å². The smallest absolute Gasteiger partial charge is 0.216 e. The number of anilines is 1. The zero-order valence-corrected chi connectivity index (χ0v) is 12.6. The molecule has 2 aromatic heterocycles. The van der Waals surface area contributed by atoms with Gasteiger partial charge in [-0.25, -0.2) is 4.98 Å². The number of nitriles is 1. The molecule has 0 unspecified atom stereocenters. The molecule has 0 saturated heterocycles. The second kappa shape index (κ2) is 6.56. The van der Waals surface area contributed by atoms with Crippen molar-refractivity contribution in [3.63, 3.8) is 0 Å². The van der Waals surface area contributed by atoms with Crippen molar-refractivity contribution in [1.29, 1.82) is 5.26 Å². The van der Waals surface area contributed by atoms with Gasteiger partial charge in [-0.3, -0.25) is 0 Å². The highest BCUT2D eigenvalue weighted by molar-refractivity contribution is 5.51. The molecule has 6 heteroatoms. The summed E-state index contributed by atoms with van der Waals surface area (Å²) >= 11 is 0. The van der Waals surface area contributed by atoms with E-state index in [4.69, 9.17) is 9.68 Å². The molecule has 114 valence electrons. The molecule has 1 N–H and O–H groups in total. The minimum absolute atomic E-state index is 0.348. The van der Waals surface area contributed by atoms with E-state index in [1.54, 1.807) is 18.3 Å². The van der Waals surface area contributed by atoms with Crippen molar-refractivity contribution in [3.05, 3.63) is 35.7 Å². The van der Waals surface area contributed by atoms with Crippen molar-refractivity contribution in [2.24, 2.45) is 5.92 Å². The molecule has 2 heterocycles. The SMILES string of the molecule is CCc1nnc(C[C@@H]2CC[C@H](Nc3ncccc3C#N)C2)o1. The van der Waals surface area contributed by atoms with E-state index in [2.05, 4.69) is 26.6 Å². The highest BCUT2D eigenvalue weighted by atomic mass is 16.4. The molecule has 2 aromatic rings. The maximum Gasteiger partial charge on any atom is 0.216 e. The van der Waals surface area contributed by atoms with Gasteiger partial charge in [0.2, 0.25) is 11.8 Å². The predicted molar refractivity (Wildman–Crippen MR) is 81.1 cm³/mol. The van der Waals surface area contributed by atoms with E-state index in [1.165, 1.54) is 0 Å². The van der Waals surface area contributed by atoms with Gasteiger partial charge in [0.15, 0.2) is 0 Å². The maximum absolute atomic E-state index is 9.11. The molecule has 0 aromatic carbocycles. The Balaban J connectivity index is 1.57. The van der Waals surface area contributed by atoms with Crippen LogP contribution in [0.2, 0.25) is 0 Å². The normalized spacial score (nSPS) is 20.7. The first-order valence-corrected chi connectivity index (χ1v) is 7.71. The van der Waals surface area contributed by atoms with Gasteiger partial charge in [0.05, 0.1) is 5.56 Å². The lowest BCUT2D eigenvalue weighted by Crippen LogP contribution is -2.17. The fourth-order valence-electron chi connectivity index (χ4n) is 2.96. The largest absolute Gasteiger partial charge is 0.425 e. The summed E-state index contributed by atoms with van der Waals surface area (Å²) in [6.45, 7) is 2.01. The average molecular weight is 297 g/mol. The van der Waals surface area contributed by atoms with E-state index in [9.17, 15) is 0 Å². The molecule has 22 heavy (non-hydrogen) atoms. The third-order valence-corrected chi connectivity index (χ3v) is 4.08. The van der Waals surface area contributed by atoms with Gasteiger partial charge in [0.1, 0.15) is 11.9 Å². The van der Waals surface area contributed by atoms with E-state index in [1.807, 2.05) is 6.92 Å². The molecule has 0 bridgehead atoms. The lowest BCUT2D eigenvalue weighted by Gasteiger charge is -2.14. The zero-order valence-electron chi connectivity index (χ0n) is 12.6. The van der Waals surface area contributed by atoms with Crippen LogP contribution in [-0.4, -0.2) is 21.2 Å². The van der Waals surface area contributed by atoms with Gasteiger partial charge >= 0.3 is 0 Å². The topological polar surface area (TPSA) is 87.6 Å². The van der Waals surface area contributed by atoms with Crippen LogP contribution in [0.3, 0.4) is 0 Å². The summed E-state index contributed by atoms with van der Waals surface area (Å²) in [5.41, 5.74) is 0.593. The molecule has 0 radical (unpaired) electrons. The molecular weight excluding hydrogens is 278 g/mol. The highest BCUT2D eigenvalue weighted by Crippen LogP contribution is 2.30. The predicted octanol–water partition coefficient (Wildman–Crippen LogP) is 2.72. The van der Waals surface area contributed by atoms with Crippen LogP contribution in [0.1, 0.15) is 43.5 Å². The third-order valence-electron chi connectivity index (χ3n) is 4.08. The van der Waals surface area contributed by atoms with Crippen LogP contribution in [0, 0.1) is 17.2 Å². The Hall–Kier alpha value is -2.42. The Morgan fingerprint density at radius 1 is 1.36 bits per heavy atom. The monoisotopic (exact) mass is 297 g/mol. The molecule has 0 spiro atoms. The number of nitrogens with one attached hydrogen (secondary N) is 1. The Bertz CT molecular complexity index is 675. The molecule has 3 rings (SSSR count). The van der Waals surface area contributed by atoms with Crippen molar-refractivity contribution >= 4 is 5.82 Å². The molecule has 2 atom stereocenters. The molecule has 0 aliphatic heterocycles. The van der Waals surface area contributed by atoms with Gasteiger partial charge in [-0.1, -0.05) is 6.92 Å². The first-order valence-electron chi connectivity index (χ1n) is 7.71. The maximum atomic E-state index is 9.11. The lowest BCUT2D eigenvalue weighted by molar-refractivity contribution is 0.409. The second-order valence-electron chi connectivity index (χ2n) is 5.68. The fraction of sp³-hybridized carbons (Fsp3) is 0.500. The number of nitrogens with zero attached hydrogens (tertiary/aromatic N) is 4. The quantitative estimate of drug-likeness (QED) is 0.913. The van der Waals surface area contributed by atoms with Crippen LogP contribution in [0.25, 0.3) is 0 Å². The summed E-state index contributed by atoms with van der Waals surface area (Å²) in [5, 5.41) is 20.6. The third kappa shape index (κ3) is 3.25. The summed E-state index contributed by atoms with van der Waals surface area (Å²) < 4.78 is 5.59. The molecule has 0 amide bonds. The Labute approximate surface area is 129 Å². The van der Waals surface area contributed by atoms with Crippen LogP contribution in [0.5, 0.6) is 0 Å². The highest BCUT2D eigenvalue weighted by Gasteiger charge is 2.27. The van der Waals surface area contributed by atoms with Crippen LogP contribution in [0.4, 0.5) is 5.82 Å². The minimum Gasteiger partial charge on any atom is -0.425 e. The second-order valence-corrected chi connectivity index (χ2v) is 5.68. The summed E-state index contributed by atoms with van der Waals surface area (Å²) in [5.74, 6) is 2.66. The Kier molecular flexibility index (Phi) is 4.33. The number of rotatable bonds is 5. The number of aryl methyl sites for hydroxylation is 1. The molecule has 1 aliphatic carbocycles. The van der Waals surface area contributed by atoms with Crippen LogP contribution in [0.15, 0.2) is 22.7 Å². The number of hydrogen-bond acceptors (Lipinski definition) is 6. The first kappa shape index (κ1) is 14.5. The Morgan fingerprint density at radius 3 is 3.00 bits per heavy atom. The Morgan fingerprint density at radius 2 is 2.23 bits per heavy atom.